The molecule has 0 heterocycles. The van der Waals surface area contributed by atoms with E-state index in [9.17, 15) is 4.79 Å². The Morgan fingerprint density at radius 3 is 0.905 bits per heavy atom. The molecule has 2 heteroatoms. The van der Waals surface area contributed by atoms with E-state index in [1.54, 1.807) is 5.57 Å². The molecule has 3 rings (SSSR count). The fourth-order valence-electron chi connectivity index (χ4n) is 8.50. The molecule has 0 spiro atoms. The minimum absolute atomic E-state index is 0.0549. The van der Waals surface area contributed by atoms with E-state index in [0.29, 0.717) is 11.8 Å². The molecule has 244 valence electrons. The summed E-state index contributed by atoms with van der Waals surface area (Å²) in [4.78, 5) is 14.1. The maximum Gasteiger partial charge on any atom is 0.333 e. The molecule has 2 nitrogen and oxygen atoms in total. The third kappa shape index (κ3) is 15.3. The first kappa shape index (κ1) is 35.7. The van der Waals surface area contributed by atoms with Gasteiger partial charge in [-0.25, -0.2) is 4.79 Å². The van der Waals surface area contributed by atoms with Crippen molar-refractivity contribution in [2.24, 2.45) is 11.8 Å². The summed E-state index contributed by atoms with van der Waals surface area (Å²) in [6, 6.07) is 0. The van der Waals surface area contributed by atoms with Gasteiger partial charge in [0.15, 0.2) is 0 Å². The van der Waals surface area contributed by atoms with Gasteiger partial charge in [-0.15, -0.1) is 0 Å². The van der Waals surface area contributed by atoms with Crippen LogP contribution in [0.4, 0.5) is 0 Å². The minimum Gasteiger partial charge on any atom is -0.459 e. The Kier molecular flexibility index (Phi) is 20.0. The summed E-state index contributed by atoms with van der Waals surface area (Å²) in [7, 11) is 0. The van der Waals surface area contributed by atoms with E-state index in [1.807, 2.05) is 0 Å². The third-order valence-electron chi connectivity index (χ3n) is 11.2. The first-order valence-corrected chi connectivity index (χ1v) is 19.7. The van der Waals surface area contributed by atoms with Crippen molar-refractivity contribution in [2.75, 3.05) is 0 Å². The van der Waals surface area contributed by atoms with Crippen LogP contribution >= 0.6 is 0 Å². The molecular weight excluding hydrogens is 512 g/mol. The van der Waals surface area contributed by atoms with Crippen molar-refractivity contribution < 1.29 is 9.53 Å². The summed E-state index contributed by atoms with van der Waals surface area (Å²) in [6.07, 6.45) is 44.4. The van der Waals surface area contributed by atoms with Gasteiger partial charge in [0.1, 0.15) is 6.10 Å². The molecule has 3 fully saturated rings. The van der Waals surface area contributed by atoms with E-state index >= 15 is 0 Å². The van der Waals surface area contributed by atoms with E-state index in [4.69, 9.17) is 4.74 Å². The lowest BCUT2D eigenvalue weighted by atomic mass is 9.75. The summed E-state index contributed by atoms with van der Waals surface area (Å²) in [5.41, 5.74) is 2.61. The number of allylic oxidation sites excluding steroid dienone is 1. The fourth-order valence-corrected chi connectivity index (χ4v) is 8.50. The average molecular weight is 585 g/mol. The van der Waals surface area contributed by atoms with Gasteiger partial charge in [-0.05, 0) is 70.1 Å². The van der Waals surface area contributed by atoms with E-state index in [0.717, 1.165) is 18.4 Å². The molecule has 0 aromatic rings. The second kappa shape index (κ2) is 23.6. The van der Waals surface area contributed by atoms with Gasteiger partial charge in [-0.1, -0.05) is 166 Å². The van der Waals surface area contributed by atoms with Crippen LogP contribution in [0.2, 0.25) is 0 Å². The molecule has 0 N–H and O–H groups in total. The van der Waals surface area contributed by atoms with Crippen molar-refractivity contribution >= 4 is 5.97 Å². The van der Waals surface area contributed by atoms with E-state index < -0.39 is 0 Å². The Labute approximate surface area is 263 Å². The first-order valence-electron chi connectivity index (χ1n) is 19.7. The van der Waals surface area contributed by atoms with Crippen molar-refractivity contribution in [1.29, 1.82) is 0 Å². The van der Waals surface area contributed by atoms with Crippen molar-refractivity contribution in [3.8, 4) is 0 Å². The fraction of sp³-hybridized carbons (Fsp3) is 0.925. The Morgan fingerprint density at radius 1 is 0.381 bits per heavy atom. The zero-order valence-corrected chi connectivity index (χ0v) is 28.4. The maximum absolute atomic E-state index is 14.1. The first-order chi connectivity index (χ1) is 20.8. The number of carbonyl (C=O) groups excluding carboxylic acids is 1. The molecule has 0 bridgehead atoms. The molecule has 0 radical (unpaired) electrons. The van der Waals surface area contributed by atoms with Crippen molar-refractivity contribution in [3.63, 3.8) is 0 Å². The molecule has 0 atom stereocenters. The largest absolute Gasteiger partial charge is 0.459 e. The zero-order chi connectivity index (χ0) is 29.5. The Morgan fingerprint density at radius 2 is 0.619 bits per heavy atom. The molecule has 3 saturated carbocycles. The van der Waals surface area contributed by atoms with E-state index in [1.165, 1.54) is 199 Å². The van der Waals surface area contributed by atoms with Crippen LogP contribution < -0.4 is 0 Å². The highest BCUT2D eigenvalue weighted by Gasteiger charge is 2.28. The van der Waals surface area contributed by atoms with Crippen LogP contribution in [0, 0.1) is 11.8 Å². The van der Waals surface area contributed by atoms with Gasteiger partial charge >= 0.3 is 5.97 Å². The lowest BCUT2D eigenvalue weighted by Gasteiger charge is -2.31. The van der Waals surface area contributed by atoms with Gasteiger partial charge in [-0.2, -0.15) is 0 Å². The van der Waals surface area contributed by atoms with Gasteiger partial charge < -0.3 is 4.74 Å². The Balaban J connectivity index is 1.81. The Bertz CT molecular complexity index is 640. The lowest BCUT2D eigenvalue weighted by molar-refractivity contribution is -0.145. The van der Waals surface area contributed by atoms with Crippen molar-refractivity contribution in [3.05, 3.63) is 11.1 Å². The SMILES string of the molecule is CC(C(=O)OC1CCCCCCCCCCC1)=C(C1CCCCCCCCCCC1)C1CCCCCCCCCCC1. The summed E-state index contributed by atoms with van der Waals surface area (Å²) >= 11 is 0. The summed E-state index contributed by atoms with van der Waals surface area (Å²) in [6.45, 7) is 2.19. The van der Waals surface area contributed by atoms with Gasteiger partial charge in [0.05, 0.1) is 0 Å². The van der Waals surface area contributed by atoms with Gasteiger partial charge in [-0.3, -0.25) is 0 Å². The minimum atomic E-state index is 0.0549. The highest BCUT2D eigenvalue weighted by atomic mass is 16.5. The lowest BCUT2D eigenvalue weighted by Crippen LogP contribution is -2.24. The number of hydrogen-bond donors (Lipinski definition) is 0. The average Bonchev–Trinajstić information content (AvgIpc) is 2.96. The molecule has 0 unspecified atom stereocenters. The van der Waals surface area contributed by atoms with Crippen molar-refractivity contribution in [1.82, 2.24) is 0 Å². The van der Waals surface area contributed by atoms with Gasteiger partial charge in [0, 0.05) is 5.57 Å². The molecular formula is C40H72O2. The molecule has 3 aliphatic rings. The van der Waals surface area contributed by atoms with Crippen LogP contribution in [-0.2, 0) is 9.53 Å². The molecule has 0 saturated heterocycles. The predicted molar refractivity (Wildman–Crippen MR) is 182 cm³/mol. The van der Waals surface area contributed by atoms with Gasteiger partial charge in [0.2, 0.25) is 0 Å². The maximum atomic E-state index is 14.1. The summed E-state index contributed by atoms with van der Waals surface area (Å²) in [5.74, 6) is 1.23. The smallest absolute Gasteiger partial charge is 0.333 e. The normalized spacial score (nSPS) is 24.3. The van der Waals surface area contributed by atoms with Crippen LogP contribution in [0.3, 0.4) is 0 Å². The molecule has 0 aromatic carbocycles. The second-order valence-corrected chi connectivity index (χ2v) is 14.8. The monoisotopic (exact) mass is 585 g/mol. The van der Waals surface area contributed by atoms with Gasteiger partial charge in [0.25, 0.3) is 0 Å². The topological polar surface area (TPSA) is 26.3 Å². The van der Waals surface area contributed by atoms with Crippen LogP contribution in [0.15, 0.2) is 11.1 Å². The van der Waals surface area contributed by atoms with Crippen LogP contribution in [0.25, 0.3) is 0 Å². The Hall–Kier alpha value is -0.790. The number of carbonyl (C=O) groups is 1. The predicted octanol–water partition coefficient (Wildman–Crippen LogP) is 13.4. The molecule has 0 aromatic heterocycles. The van der Waals surface area contributed by atoms with Crippen LogP contribution in [0.5, 0.6) is 0 Å². The molecule has 0 aliphatic heterocycles. The third-order valence-corrected chi connectivity index (χ3v) is 11.2. The quantitative estimate of drug-likeness (QED) is 0.243. The standard InChI is InChI=1S/C40H72O2/c1-35(40(41)42-38-33-27-21-15-9-4-10-16-22-28-34-38)39(36-29-23-17-11-5-2-6-12-18-24-30-36)37-31-25-19-13-7-3-8-14-20-26-32-37/h36-38H,2-34H2,1H3. The molecule has 3 aliphatic carbocycles. The zero-order valence-electron chi connectivity index (χ0n) is 28.4. The number of hydrogen-bond acceptors (Lipinski definition) is 2. The summed E-state index contributed by atoms with van der Waals surface area (Å²) < 4.78 is 6.50. The highest BCUT2D eigenvalue weighted by molar-refractivity contribution is 5.89. The van der Waals surface area contributed by atoms with E-state index in [-0.39, 0.29) is 12.1 Å². The molecule has 0 amide bonds. The molecule has 42 heavy (non-hydrogen) atoms. The summed E-state index contributed by atoms with van der Waals surface area (Å²) in [5, 5.41) is 0. The van der Waals surface area contributed by atoms with Crippen molar-refractivity contribution in [2.45, 2.75) is 225 Å². The number of ether oxygens (including phenoxy) is 1. The highest BCUT2D eigenvalue weighted by Crippen LogP contribution is 2.39. The van der Waals surface area contributed by atoms with Crippen LogP contribution in [-0.4, -0.2) is 12.1 Å². The van der Waals surface area contributed by atoms with Crippen LogP contribution in [0.1, 0.15) is 219 Å². The number of esters is 1. The number of rotatable bonds is 4. The second-order valence-electron chi connectivity index (χ2n) is 14.8. The van der Waals surface area contributed by atoms with E-state index in [2.05, 4.69) is 6.92 Å².